The highest BCUT2D eigenvalue weighted by Gasteiger charge is 2.31. The normalized spacial score (nSPS) is 17.5. The molecular weight excluding hydrogens is 406 g/mol. The van der Waals surface area contributed by atoms with Gasteiger partial charge in [0.05, 0.1) is 12.7 Å². The second-order valence-electron chi connectivity index (χ2n) is 8.60. The number of amides is 2. The molecule has 2 saturated heterocycles. The molecule has 0 unspecified atom stereocenters. The SMILES string of the molecule is NC(=O)c1ccc2ccn(CC3CN(CC(=O)N4CCN(c5cnccn5)CC4)C3)c2c1. The van der Waals surface area contributed by atoms with E-state index in [0.29, 0.717) is 31.1 Å². The molecule has 0 radical (unpaired) electrons. The lowest BCUT2D eigenvalue weighted by molar-refractivity contribution is -0.134. The van der Waals surface area contributed by atoms with Gasteiger partial charge in [-0.05, 0) is 23.6 Å². The highest BCUT2D eigenvalue weighted by atomic mass is 16.2. The maximum Gasteiger partial charge on any atom is 0.248 e. The molecular formula is C23H27N7O2. The van der Waals surface area contributed by atoms with Gasteiger partial charge in [-0.15, -0.1) is 0 Å². The molecule has 4 heterocycles. The second-order valence-corrected chi connectivity index (χ2v) is 8.60. The Morgan fingerprint density at radius 1 is 1.06 bits per heavy atom. The number of aromatic nitrogens is 3. The van der Waals surface area contributed by atoms with E-state index in [1.807, 2.05) is 17.0 Å². The number of hydrogen-bond acceptors (Lipinski definition) is 6. The van der Waals surface area contributed by atoms with Gasteiger partial charge >= 0.3 is 0 Å². The summed E-state index contributed by atoms with van der Waals surface area (Å²) in [5.74, 6) is 1.14. The lowest BCUT2D eigenvalue weighted by Crippen LogP contribution is -2.55. The molecule has 2 aliphatic heterocycles. The number of primary amides is 1. The van der Waals surface area contributed by atoms with E-state index < -0.39 is 5.91 Å². The molecule has 166 valence electrons. The molecule has 0 atom stereocenters. The van der Waals surface area contributed by atoms with Gasteiger partial charge in [-0.3, -0.25) is 19.5 Å². The number of anilines is 1. The number of piperazine rings is 1. The third-order valence-electron chi connectivity index (χ3n) is 6.41. The highest BCUT2D eigenvalue weighted by molar-refractivity contribution is 5.97. The molecule has 0 saturated carbocycles. The average Bonchev–Trinajstić information content (AvgIpc) is 3.20. The van der Waals surface area contributed by atoms with E-state index in [0.717, 1.165) is 49.4 Å². The molecule has 0 spiro atoms. The summed E-state index contributed by atoms with van der Waals surface area (Å²) in [5.41, 5.74) is 6.98. The van der Waals surface area contributed by atoms with Crippen molar-refractivity contribution in [3.05, 3.63) is 54.6 Å². The first kappa shape index (κ1) is 20.4. The van der Waals surface area contributed by atoms with Gasteiger partial charge in [0.15, 0.2) is 0 Å². The van der Waals surface area contributed by atoms with Crippen molar-refractivity contribution >= 4 is 28.5 Å². The van der Waals surface area contributed by atoms with Gasteiger partial charge < -0.3 is 20.1 Å². The van der Waals surface area contributed by atoms with Crippen LogP contribution < -0.4 is 10.6 Å². The van der Waals surface area contributed by atoms with Crippen molar-refractivity contribution in [1.29, 1.82) is 0 Å². The first-order valence-corrected chi connectivity index (χ1v) is 11.0. The monoisotopic (exact) mass is 433 g/mol. The highest BCUT2D eigenvalue weighted by Crippen LogP contribution is 2.23. The fraction of sp³-hybridized carbons (Fsp3) is 0.391. The molecule has 0 bridgehead atoms. The van der Waals surface area contributed by atoms with Crippen LogP contribution in [0.2, 0.25) is 0 Å². The first-order chi connectivity index (χ1) is 15.6. The standard InChI is InChI=1S/C23H27N7O2/c24-23(32)19-2-1-18-3-6-30(20(18)11-19)15-17-13-27(14-17)16-22(31)29-9-7-28(8-10-29)21-12-25-4-5-26-21/h1-6,11-12,17H,7-10,13-16H2,(H2,24,32). The number of rotatable bonds is 6. The number of fused-ring (bicyclic) bond motifs is 1. The molecule has 2 aliphatic rings. The third-order valence-corrected chi connectivity index (χ3v) is 6.41. The van der Waals surface area contributed by atoms with Crippen LogP contribution in [0.3, 0.4) is 0 Å². The van der Waals surface area contributed by atoms with Crippen molar-refractivity contribution in [2.24, 2.45) is 11.7 Å². The molecule has 0 aliphatic carbocycles. The van der Waals surface area contributed by atoms with Gasteiger partial charge in [0.1, 0.15) is 5.82 Å². The van der Waals surface area contributed by atoms with Gasteiger partial charge in [0.2, 0.25) is 11.8 Å². The summed E-state index contributed by atoms with van der Waals surface area (Å²) in [6.07, 6.45) is 7.18. The number of likely N-dealkylation sites (tertiary alicyclic amines) is 1. The van der Waals surface area contributed by atoms with Crippen molar-refractivity contribution in [3.63, 3.8) is 0 Å². The quantitative estimate of drug-likeness (QED) is 0.618. The van der Waals surface area contributed by atoms with Crippen molar-refractivity contribution in [3.8, 4) is 0 Å². The molecule has 2 N–H and O–H groups in total. The molecule has 2 fully saturated rings. The van der Waals surface area contributed by atoms with Gasteiger partial charge in [-0.25, -0.2) is 4.98 Å². The number of carbonyl (C=O) groups excluding carboxylic acids is 2. The van der Waals surface area contributed by atoms with Gasteiger partial charge in [0.25, 0.3) is 0 Å². The van der Waals surface area contributed by atoms with Crippen molar-refractivity contribution < 1.29 is 9.59 Å². The van der Waals surface area contributed by atoms with Gasteiger partial charge in [-0.1, -0.05) is 6.07 Å². The fourth-order valence-electron chi connectivity index (χ4n) is 4.63. The van der Waals surface area contributed by atoms with Crippen LogP contribution in [0.4, 0.5) is 5.82 Å². The zero-order valence-electron chi connectivity index (χ0n) is 17.9. The second kappa shape index (κ2) is 8.58. The summed E-state index contributed by atoms with van der Waals surface area (Å²) in [6.45, 7) is 6.13. The Bertz CT molecular complexity index is 1120. The van der Waals surface area contributed by atoms with E-state index in [2.05, 4.69) is 36.6 Å². The molecule has 5 rings (SSSR count). The number of benzene rings is 1. The molecule has 32 heavy (non-hydrogen) atoms. The van der Waals surface area contributed by atoms with Crippen LogP contribution in [-0.2, 0) is 11.3 Å². The molecule has 9 heteroatoms. The number of nitrogens with two attached hydrogens (primary N) is 1. The zero-order chi connectivity index (χ0) is 22.1. The van der Waals surface area contributed by atoms with Crippen LogP contribution in [0.5, 0.6) is 0 Å². The van der Waals surface area contributed by atoms with Crippen LogP contribution >= 0.6 is 0 Å². The van der Waals surface area contributed by atoms with E-state index in [-0.39, 0.29) is 5.91 Å². The Morgan fingerprint density at radius 2 is 1.88 bits per heavy atom. The summed E-state index contributed by atoms with van der Waals surface area (Å²) in [6, 6.07) is 7.61. The largest absolute Gasteiger partial charge is 0.366 e. The number of nitrogens with zero attached hydrogens (tertiary/aromatic N) is 6. The van der Waals surface area contributed by atoms with Crippen LogP contribution in [0.15, 0.2) is 49.1 Å². The van der Waals surface area contributed by atoms with Crippen LogP contribution in [0.25, 0.3) is 10.9 Å². The lowest BCUT2D eigenvalue weighted by Gasteiger charge is -2.41. The van der Waals surface area contributed by atoms with E-state index in [9.17, 15) is 9.59 Å². The maximum atomic E-state index is 12.7. The van der Waals surface area contributed by atoms with Crippen LogP contribution in [0, 0.1) is 5.92 Å². The van der Waals surface area contributed by atoms with Gasteiger partial charge in [-0.2, -0.15) is 0 Å². The molecule has 2 aromatic heterocycles. The number of hydrogen-bond donors (Lipinski definition) is 1. The van der Waals surface area contributed by atoms with Crippen molar-refractivity contribution in [1.82, 2.24) is 24.3 Å². The Kier molecular flexibility index (Phi) is 5.48. The number of carbonyl (C=O) groups is 2. The predicted octanol–water partition coefficient (Wildman–Crippen LogP) is 0.811. The zero-order valence-corrected chi connectivity index (χ0v) is 17.9. The Hall–Kier alpha value is -3.46. The minimum absolute atomic E-state index is 0.194. The van der Waals surface area contributed by atoms with Crippen LogP contribution in [-0.4, -0.2) is 82.0 Å². The summed E-state index contributed by atoms with van der Waals surface area (Å²) < 4.78 is 2.18. The van der Waals surface area contributed by atoms with E-state index in [1.54, 1.807) is 24.7 Å². The maximum absolute atomic E-state index is 12.7. The Morgan fingerprint density at radius 3 is 2.59 bits per heavy atom. The molecule has 3 aromatic rings. The van der Waals surface area contributed by atoms with Crippen LogP contribution in [0.1, 0.15) is 10.4 Å². The van der Waals surface area contributed by atoms with E-state index >= 15 is 0 Å². The topological polar surface area (TPSA) is 101 Å². The van der Waals surface area contributed by atoms with E-state index in [4.69, 9.17) is 5.73 Å². The first-order valence-electron chi connectivity index (χ1n) is 11.0. The van der Waals surface area contributed by atoms with Crippen molar-refractivity contribution in [2.75, 3.05) is 50.7 Å². The summed E-state index contributed by atoms with van der Waals surface area (Å²) >= 11 is 0. The fourth-order valence-corrected chi connectivity index (χ4v) is 4.63. The summed E-state index contributed by atoms with van der Waals surface area (Å²) in [7, 11) is 0. The molecule has 2 amide bonds. The smallest absolute Gasteiger partial charge is 0.248 e. The minimum atomic E-state index is -0.412. The average molecular weight is 434 g/mol. The van der Waals surface area contributed by atoms with E-state index in [1.165, 1.54) is 0 Å². The minimum Gasteiger partial charge on any atom is -0.366 e. The lowest BCUT2D eigenvalue weighted by atomic mass is 10.00. The Balaban J connectivity index is 1.10. The molecule has 1 aromatic carbocycles. The van der Waals surface area contributed by atoms with Gasteiger partial charge in [0, 0.05) is 81.4 Å². The third kappa shape index (κ3) is 4.16. The predicted molar refractivity (Wildman–Crippen MR) is 121 cm³/mol. The summed E-state index contributed by atoms with van der Waals surface area (Å²) in [5, 5.41) is 1.10. The van der Waals surface area contributed by atoms with Crippen molar-refractivity contribution in [2.45, 2.75) is 6.54 Å². The summed E-state index contributed by atoms with van der Waals surface area (Å²) in [4.78, 5) is 39.0. The molecule has 9 nitrogen and oxygen atoms in total. The Labute approximate surface area is 186 Å².